The lowest BCUT2D eigenvalue weighted by molar-refractivity contribution is 0.332. The molecule has 0 bridgehead atoms. The maximum atomic E-state index is 13.5. The fourth-order valence-electron chi connectivity index (χ4n) is 1.54. The smallest absolute Gasteiger partial charge is 0.147 e. The highest BCUT2D eigenvalue weighted by molar-refractivity contribution is 9.10. The molecule has 2 aromatic carbocycles. The lowest BCUT2D eigenvalue weighted by atomic mass is 10.3. The van der Waals surface area contributed by atoms with E-state index in [0.29, 0.717) is 18.8 Å². The summed E-state index contributed by atoms with van der Waals surface area (Å²) in [5, 5.41) is 2.99. The average Bonchev–Trinajstić information content (AvgIpc) is 2.37. The van der Waals surface area contributed by atoms with E-state index in [1.165, 1.54) is 6.07 Å². The van der Waals surface area contributed by atoms with Crippen LogP contribution in [0.3, 0.4) is 0 Å². The van der Waals surface area contributed by atoms with E-state index in [-0.39, 0.29) is 5.82 Å². The zero-order valence-corrected chi connectivity index (χ0v) is 13.2. The Morgan fingerprint density at radius 3 is 2.58 bits per heavy atom. The number of nitrogens with one attached hydrogen (secondary N) is 1. The summed E-state index contributed by atoms with van der Waals surface area (Å²) in [7, 11) is 0. The standard InChI is InChI=1S/C14H12Br2FNO/c15-10-2-1-3-12(8-10)19-7-6-18-14-5-4-11(16)9-13(14)17/h1-5,8-9,18H,6-7H2. The summed E-state index contributed by atoms with van der Waals surface area (Å²) in [6.45, 7) is 0.997. The number of halogens is 3. The Labute approximate surface area is 128 Å². The summed E-state index contributed by atoms with van der Waals surface area (Å²) in [4.78, 5) is 0. The van der Waals surface area contributed by atoms with Crippen LogP contribution in [0.1, 0.15) is 0 Å². The van der Waals surface area contributed by atoms with Gasteiger partial charge in [-0.3, -0.25) is 0 Å². The van der Waals surface area contributed by atoms with E-state index in [2.05, 4.69) is 37.2 Å². The minimum atomic E-state index is -0.281. The van der Waals surface area contributed by atoms with Gasteiger partial charge in [-0.1, -0.05) is 37.9 Å². The first-order valence-corrected chi connectivity index (χ1v) is 7.31. The van der Waals surface area contributed by atoms with Crippen LogP contribution in [0.5, 0.6) is 5.75 Å². The Bertz CT molecular complexity index is 563. The van der Waals surface area contributed by atoms with Gasteiger partial charge in [0.1, 0.15) is 18.2 Å². The maximum absolute atomic E-state index is 13.5. The summed E-state index contributed by atoms with van der Waals surface area (Å²) in [6.07, 6.45) is 0. The molecule has 0 heterocycles. The second-order valence-electron chi connectivity index (χ2n) is 3.86. The molecular weight excluding hydrogens is 377 g/mol. The van der Waals surface area contributed by atoms with E-state index in [1.807, 2.05) is 24.3 Å². The molecule has 0 unspecified atom stereocenters. The lowest BCUT2D eigenvalue weighted by Crippen LogP contribution is -2.12. The van der Waals surface area contributed by atoms with Gasteiger partial charge in [0.05, 0.1) is 5.69 Å². The summed E-state index contributed by atoms with van der Waals surface area (Å²) >= 11 is 6.59. The number of hydrogen-bond donors (Lipinski definition) is 1. The number of ether oxygens (including phenoxy) is 1. The summed E-state index contributed by atoms with van der Waals surface area (Å²) < 4.78 is 20.8. The van der Waals surface area contributed by atoms with Crippen molar-refractivity contribution in [3.05, 3.63) is 57.2 Å². The van der Waals surface area contributed by atoms with Crippen molar-refractivity contribution in [1.82, 2.24) is 0 Å². The molecule has 0 amide bonds. The topological polar surface area (TPSA) is 21.3 Å². The minimum Gasteiger partial charge on any atom is -0.492 e. The predicted octanol–water partition coefficient (Wildman–Crippen LogP) is 4.84. The molecule has 100 valence electrons. The van der Waals surface area contributed by atoms with Crippen LogP contribution in [-0.4, -0.2) is 13.2 Å². The normalized spacial score (nSPS) is 10.3. The molecule has 0 fully saturated rings. The average molecular weight is 389 g/mol. The summed E-state index contributed by atoms with van der Waals surface area (Å²) in [5.74, 6) is 0.504. The highest BCUT2D eigenvalue weighted by Gasteiger charge is 2.01. The molecule has 1 N–H and O–H groups in total. The first-order chi connectivity index (χ1) is 9.15. The molecule has 0 aliphatic carbocycles. The van der Waals surface area contributed by atoms with E-state index in [0.717, 1.165) is 14.7 Å². The highest BCUT2D eigenvalue weighted by Crippen LogP contribution is 2.20. The van der Waals surface area contributed by atoms with Crippen LogP contribution in [0, 0.1) is 5.82 Å². The largest absolute Gasteiger partial charge is 0.492 e. The van der Waals surface area contributed by atoms with E-state index in [9.17, 15) is 4.39 Å². The van der Waals surface area contributed by atoms with E-state index in [4.69, 9.17) is 4.74 Å². The van der Waals surface area contributed by atoms with Crippen LogP contribution < -0.4 is 10.1 Å². The van der Waals surface area contributed by atoms with Crippen molar-refractivity contribution in [3.63, 3.8) is 0 Å². The number of hydrogen-bond acceptors (Lipinski definition) is 2. The quantitative estimate of drug-likeness (QED) is 0.740. The molecule has 0 spiro atoms. The monoisotopic (exact) mass is 387 g/mol. The number of benzene rings is 2. The van der Waals surface area contributed by atoms with Crippen molar-refractivity contribution < 1.29 is 9.13 Å². The molecule has 0 saturated carbocycles. The molecule has 2 nitrogen and oxygen atoms in total. The third-order valence-corrected chi connectivity index (χ3v) is 3.40. The van der Waals surface area contributed by atoms with Gasteiger partial charge in [0.15, 0.2) is 0 Å². The van der Waals surface area contributed by atoms with Gasteiger partial charge in [-0.2, -0.15) is 0 Å². The zero-order valence-electron chi connectivity index (χ0n) is 10.00. The van der Waals surface area contributed by atoms with Crippen LogP contribution in [0.4, 0.5) is 10.1 Å². The molecule has 0 aromatic heterocycles. The molecule has 0 aliphatic rings. The maximum Gasteiger partial charge on any atom is 0.147 e. The van der Waals surface area contributed by atoms with E-state index >= 15 is 0 Å². The van der Waals surface area contributed by atoms with Gasteiger partial charge >= 0.3 is 0 Å². The Balaban J connectivity index is 1.81. The lowest BCUT2D eigenvalue weighted by Gasteiger charge is -2.09. The third kappa shape index (κ3) is 4.51. The molecule has 2 rings (SSSR count). The van der Waals surface area contributed by atoms with Crippen molar-refractivity contribution in [2.75, 3.05) is 18.5 Å². The van der Waals surface area contributed by atoms with Gasteiger partial charge in [0.2, 0.25) is 0 Å². The molecule has 0 saturated heterocycles. The first kappa shape index (κ1) is 14.3. The summed E-state index contributed by atoms with van der Waals surface area (Å²) in [6, 6.07) is 12.5. The first-order valence-electron chi connectivity index (χ1n) is 5.72. The third-order valence-electron chi connectivity index (χ3n) is 2.41. The molecule has 2 aromatic rings. The molecule has 5 heteroatoms. The number of rotatable bonds is 5. The van der Waals surface area contributed by atoms with Crippen molar-refractivity contribution in [2.24, 2.45) is 0 Å². The Hall–Kier alpha value is -1.07. The second kappa shape index (κ2) is 6.91. The van der Waals surface area contributed by atoms with E-state index < -0.39 is 0 Å². The van der Waals surface area contributed by atoms with Crippen molar-refractivity contribution >= 4 is 37.5 Å². The predicted molar refractivity (Wildman–Crippen MR) is 82.2 cm³/mol. The van der Waals surface area contributed by atoms with Crippen molar-refractivity contribution in [1.29, 1.82) is 0 Å². The molecular formula is C14H12Br2FNO. The highest BCUT2D eigenvalue weighted by atomic mass is 79.9. The van der Waals surface area contributed by atoms with E-state index in [1.54, 1.807) is 12.1 Å². The Kier molecular flexibility index (Phi) is 5.22. The van der Waals surface area contributed by atoms with Gasteiger partial charge in [-0.25, -0.2) is 4.39 Å². The second-order valence-corrected chi connectivity index (χ2v) is 5.69. The van der Waals surface area contributed by atoms with Gasteiger partial charge in [0.25, 0.3) is 0 Å². The Morgan fingerprint density at radius 2 is 1.84 bits per heavy atom. The van der Waals surface area contributed by atoms with Crippen LogP contribution in [-0.2, 0) is 0 Å². The Morgan fingerprint density at radius 1 is 1.05 bits per heavy atom. The van der Waals surface area contributed by atoms with Crippen LogP contribution in [0.25, 0.3) is 0 Å². The summed E-state index contributed by atoms with van der Waals surface area (Å²) in [5.41, 5.74) is 0.473. The molecule has 0 atom stereocenters. The van der Waals surface area contributed by atoms with Crippen molar-refractivity contribution in [2.45, 2.75) is 0 Å². The fraction of sp³-hybridized carbons (Fsp3) is 0.143. The van der Waals surface area contributed by atoms with Crippen LogP contribution in [0.15, 0.2) is 51.4 Å². The van der Waals surface area contributed by atoms with Crippen molar-refractivity contribution in [3.8, 4) is 5.75 Å². The van der Waals surface area contributed by atoms with Gasteiger partial charge in [-0.15, -0.1) is 0 Å². The van der Waals surface area contributed by atoms with Gasteiger partial charge in [-0.05, 0) is 36.4 Å². The zero-order chi connectivity index (χ0) is 13.7. The molecule has 0 radical (unpaired) electrons. The SMILES string of the molecule is Fc1cc(Br)ccc1NCCOc1cccc(Br)c1. The molecule has 0 aliphatic heterocycles. The van der Waals surface area contributed by atoms with Gasteiger partial charge in [0, 0.05) is 15.5 Å². The van der Waals surface area contributed by atoms with Crippen LogP contribution >= 0.6 is 31.9 Å². The number of anilines is 1. The fourth-order valence-corrected chi connectivity index (χ4v) is 2.26. The van der Waals surface area contributed by atoms with Gasteiger partial charge < -0.3 is 10.1 Å². The molecule has 19 heavy (non-hydrogen) atoms. The minimum absolute atomic E-state index is 0.281. The van der Waals surface area contributed by atoms with Crippen LogP contribution in [0.2, 0.25) is 0 Å².